The maximum absolute atomic E-state index is 13.5. The summed E-state index contributed by atoms with van der Waals surface area (Å²) in [4.78, 5) is 0. The van der Waals surface area contributed by atoms with Crippen molar-refractivity contribution in [3.63, 3.8) is 0 Å². The van der Waals surface area contributed by atoms with E-state index in [9.17, 15) is 26.3 Å². The molecule has 0 atom stereocenters. The third-order valence-electron chi connectivity index (χ3n) is 7.79. The van der Waals surface area contributed by atoms with Crippen LogP contribution < -0.4 is 10.4 Å². The average molecular weight is 781 g/mol. The van der Waals surface area contributed by atoms with Gasteiger partial charge < -0.3 is 0 Å². The number of hydrogen-bond donors (Lipinski definition) is 0. The van der Waals surface area contributed by atoms with Crippen LogP contribution >= 0.6 is 17.0 Å². The van der Waals surface area contributed by atoms with Crippen molar-refractivity contribution in [3.05, 3.63) is 113 Å². The molecule has 1 aliphatic heterocycles. The Morgan fingerprint density at radius 2 is 1.43 bits per heavy atom. The van der Waals surface area contributed by atoms with Gasteiger partial charge in [0.05, 0.1) is 20.6 Å². The maximum atomic E-state index is 13.5. The fourth-order valence-corrected chi connectivity index (χ4v) is 6.94. The van der Waals surface area contributed by atoms with Crippen LogP contribution in [0.2, 0.25) is 0 Å². The van der Waals surface area contributed by atoms with E-state index in [1.165, 1.54) is 21.5 Å². The minimum absolute atomic E-state index is 0.0645. The summed E-state index contributed by atoms with van der Waals surface area (Å²) in [6.07, 6.45) is -7.01. The SMILES string of the molecule is CCCCc1cc2c(-c3cc(C(F)(F)F)cc(C(F)(F)F)c3)c(C(C)(C)C)ccc2[cH-]1.[Cl][Zr+2][Cl].[c-]1cccc2c1[Si]c1ccccc1-2. The van der Waals surface area contributed by atoms with E-state index in [4.69, 9.17) is 17.0 Å². The Morgan fingerprint density at radius 3 is 2.02 bits per heavy atom. The third kappa shape index (κ3) is 9.26. The summed E-state index contributed by atoms with van der Waals surface area (Å²) < 4.78 is 80.9. The largest absolute Gasteiger partial charge is 0.184 e. The second-order valence-corrected chi connectivity index (χ2v) is 17.2. The number of fused-ring (bicyclic) bond motifs is 4. The van der Waals surface area contributed by atoms with Gasteiger partial charge in [0.25, 0.3) is 0 Å². The van der Waals surface area contributed by atoms with Gasteiger partial charge in [0, 0.05) is 0 Å². The van der Waals surface area contributed by atoms with Crippen LogP contribution in [0, 0.1) is 6.07 Å². The number of hydrogen-bond acceptors (Lipinski definition) is 0. The summed E-state index contributed by atoms with van der Waals surface area (Å²) in [5.41, 5.74) is 1.81. The molecule has 0 saturated heterocycles. The molecule has 5 aromatic carbocycles. The summed E-state index contributed by atoms with van der Waals surface area (Å²) in [5, 5.41) is 4.33. The Bertz CT molecular complexity index is 1740. The van der Waals surface area contributed by atoms with Gasteiger partial charge in [-0.2, -0.15) is 61.9 Å². The molecular formula is C37H32Cl2F6SiZr. The molecule has 6 rings (SSSR count). The van der Waals surface area contributed by atoms with E-state index in [0.717, 1.165) is 51.9 Å². The molecule has 1 aliphatic rings. The summed E-state index contributed by atoms with van der Waals surface area (Å²) in [7, 11) is 10.7. The Hall–Kier alpha value is -2.25. The number of aryl methyl sites for hydroxylation is 1. The number of benzene rings is 4. The van der Waals surface area contributed by atoms with Crippen molar-refractivity contribution >= 4 is 47.7 Å². The van der Waals surface area contributed by atoms with E-state index < -0.39 is 49.7 Å². The Labute approximate surface area is 293 Å². The Kier molecular flexibility index (Phi) is 12.4. The molecule has 0 aromatic heterocycles. The van der Waals surface area contributed by atoms with Crippen LogP contribution in [0.4, 0.5) is 26.3 Å². The zero-order valence-electron chi connectivity index (χ0n) is 26.2. The van der Waals surface area contributed by atoms with E-state index in [2.05, 4.69) is 49.4 Å². The fraction of sp³-hybridized carbons (Fsp3) is 0.270. The molecule has 0 bridgehead atoms. The van der Waals surface area contributed by atoms with Crippen LogP contribution in [0.3, 0.4) is 0 Å². The van der Waals surface area contributed by atoms with Crippen LogP contribution in [-0.4, -0.2) is 9.52 Å². The number of halogens is 8. The number of unbranched alkanes of at least 4 members (excludes halogenated alkanes) is 1. The van der Waals surface area contributed by atoms with Crippen molar-refractivity contribution in [2.75, 3.05) is 0 Å². The molecule has 10 heteroatoms. The van der Waals surface area contributed by atoms with Crippen LogP contribution in [0.1, 0.15) is 62.8 Å². The zero-order valence-corrected chi connectivity index (χ0v) is 31.2. The first-order chi connectivity index (χ1) is 22.1. The molecule has 0 fully saturated rings. The normalized spacial score (nSPS) is 12.3. The first kappa shape index (κ1) is 37.6. The van der Waals surface area contributed by atoms with Gasteiger partial charge in [-0.1, -0.05) is 86.7 Å². The van der Waals surface area contributed by atoms with Gasteiger partial charge >= 0.3 is 50.2 Å². The Morgan fingerprint density at radius 1 is 0.809 bits per heavy atom. The van der Waals surface area contributed by atoms with Crippen LogP contribution in [-0.2, 0) is 45.0 Å². The second kappa shape index (κ2) is 15.5. The standard InChI is InChI=1S/C25H25F6.C12H7Si.2ClH.Zr/c1-5-6-7-15-10-16-8-9-21(23(2,3)4)22(20(16)11-15)17-12-18(24(26,27)28)14-19(13-17)25(29,30)31;1-3-7-11-9(5-1)10-6-2-4-8-12(10)13-11;;;/h8-14H,5-7H2,1-4H3;1-7H;2*1H;/q2*-1;;;+4/p-2. The second-order valence-electron chi connectivity index (χ2n) is 12.2. The van der Waals surface area contributed by atoms with Crippen molar-refractivity contribution in [1.29, 1.82) is 0 Å². The van der Waals surface area contributed by atoms with Crippen molar-refractivity contribution in [2.24, 2.45) is 0 Å². The average Bonchev–Trinajstić information content (AvgIpc) is 3.60. The van der Waals surface area contributed by atoms with Crippen molar-refractivity contribution in [3.8, 4) is 22.3 Å². The van der Waals surface area contributed by atoms with Crippen LogP contribution in [0.15, 0.2) is 84.9 Å². The minimum Gasteiger partial charge on any atom is -0.184 e. The third-order valence-corrected chi connectivity index (χ3v) is 9.16. The summed E-state index contributed by atoms with van der Waals surface area (Å²) in [6.45, 7) is 7.76. The topological polar surface area (TPSA) is 0 Å². The fourth-order valence-electron chi connectivity index (χ4n) is 5.63. The van der Waals surface area contributed by atoms with E-state index in [0.29, 0.717) is 16.5 Å². The van der Waals surface area contributed by atoms with Gasteiger partial charge in [0.2, 0.25) is 0 Å². The Balaban J connectivity index is 0.000000255. The van der Waals surface area contributed by atoms with Crippen LogP contribution in [0.25, 0.3) is 33.0 Å². The molecule has 1 heterocycles. The van der Waals surface area contributed by atoms with Crippen molar-refractivity contribution in [1.82, 2.24) is 0 Å². The minimum atomic E-state index is -4.88. The number of alkyl halides is 6. The quantitative estimate of drug-likeness (QED) is 0.0950. The van der Waals surface area contributed by atoms with E-state index in [1.807, 2.05) is 51.1 Å². The molecule has 5 aromatic rings. The molecular weight excluding hydrogens is 749 g/mol. The molecule has 0 nitrogen and oxygen atoms in total. The molecule has 2 radical (unpaired) electrons. The first-order valence-electron chi connectivity index (χ1n) is 14.9. The van der Waals surface area contributed by atoms with Crippen molar-refractivity contribution < 1.29 is 47.2 Å². The summed E-state index contributed by atoms with van der Waals surface area (Å²) in [5.74, 6) is 0. The van der Waals surface area contributed by atoms with E-state index in [-0.39, 0.29) is 11.6 Å². The van der Waals surface area contributed by atoms with Gasteiger partial charge in [0.15, 0.2) is 0 Å². The molecule has 244 valence electrons. The van der Waals surface area contributed by atoms with Gasteiger partial charge in [-0.3, -0.25) is 0 Å². The monoisotopic (exact) mass is 778 g/mol. The smallest absolute Gasteiger partial charge is 0.0920 e. The predicted molar refractivity (Wildman–Crippen MR) is 180 cm³/mol. The van der Waals surface area contributed by atoms with Gasteiger partial charge in [0.1, 0.15) is 0 Å². The molecule has 0 unspecified atom stereocenters. The summed E-state index contributed by atoms with van der Waals surface area (Å²) in [6, 6.07) is 27.6. The van der Waals surface area contributed by atoms with Gasteiger partial charge in [-0.25, -0.2) is 0 Å². The first-order valence-corrected chi connectivity index (χ1v) is 22.3. The maximum Gasteiger partial charge on any atom is 0.0920 e. The summed E-state index contributed by atoms with van der Waals surface area (Å²) >= 11 is -0.826. The van der Waals surface area contributed by atoms with Crippen molar-refractivity contribution in [2.45, 2.75) is 64.7 Å². The molecule has 0 amide bonds. The molecule has 0 spiro atoms. The predicted octanol–water partition coefficient (Wildman–Crippen LogP) is 11.4. The molecule has 0 N–H and O–H groups in total. The van der Waals surface area contributed by atoms with E-state index in [1.54, 1.807) is 0 Å². The molecule has 0 saturated carbocycles. The number of rotatable bonds is 4. The molecule has 0 aliphatic carbocycles. The molecule has 47 heavy (non-hydrogen) atoms. The van der Waals surface area contributed by atoms with Crippen LogP contribution in [0.5, 0.6) is 0 Å². The van der Waals surface area contributed by atoms with E-state index >= 15 is 0 Å². The van der Waals surface area contributed by atoms with Gasteiger partial charge in [-0.15, -0.1) is 40.1 Å². The zero-order chi connectivity index (χ0) is 34.6. The van der Waals surface area contributed by atoms with Gasteiger partial charge in [-0.05, 0) is 35.6 Å².